The molecular weight excluding hydrogens is 397 g/mol. The van der Waals surface area contributed by atoms with Gasteiger partial charge in [-0.15, -0.1) is 0 Å². The van der Waals surface area contributed by atoms with Crippen LogP contribution < -0.4 is 5.32 Å². The second kappa shape index (κ2) is 9.62. The number of likely N-dealkylation sites (N-methyl/N-ethyl adjacent to an activating group) is 1. The van der Waals surface area contributed by atoms with Crippen LogP contribution in [0.5, 0.6) is 0 Å². The Morgan fingerprint density at radius 1 is 1.07 bits per heavy atom. The molecule has 0 spiro atoms. The summed E-state index contributed by atoms with van der Waals surface area (Å²) in [6, 6.07) is 11.5. The number of carbonyl (C=O) groups is 2. The minimum absolute atomic E-state index is 0.00478. The molecule has 2 rings (SSSR count). The lowest BCUT2D eigenvalue weighted by Gasteiger charge is -2.21. The molecule has 2 aromatic rings. The minimum atomic E-state index is -3.67. The fourth-order valence-corrected chi connectivity index (χ4v) is 3.49. The van der Waals surface area contributed by atoms with Gasteiger partial charge in [-0.3, -0.25) is 9.59 Å². The number of sulfonamides is 1. The van der Waals surface area contributed by atoms with Crippen molar-refractivity contribution in [2.24, 2.45) is 0 Å². The summed E-state index contributed by atoms with van der Waals surface area (Å²) in [4.78, 5) is 26.3. The van der Waals surface area contributed by atoms with E-state index in [9.17, 15) is 22.4 Å². The third-order valence-corrected chi connectivity index (χ3v) is 6.08. The van der Waals surface area contributed by atoms with E-state index in [1.54, 1.807) is 19.1 Å². The fraction of sp³-hybridized carbons (Fsp3) is 0.300. The van der Waals surface area contributed by atoms with E-state index >= 15 is 0 Å². The Morgan fingerprint density at radius 2 is 1.72 bits per heavy atom. The van der Waals surface area contributed by atoms with Crippen molar-refractivity contribution in [1.82, 2.24) is 14.5 Å². The van der Waals surface area contributed by atoms with Crippen LogP contribution in [0.2, 0.25) is 0 Å². The first-order valence-electron chi connectivity index (χ1n) is 8.98. The maximum absolute atomic E-state index is 12.9. The van der Waals surface area contributed by atoms with Gasteiger partial charge in [-0.05, 0) is 42.8 Å². The molecular formula is C20H24FN3O4S. The molecule has 0 saturated heterocycles. The lowest BCUT2D eigenvalue weighted by Crippen LogP contribution is -2.40. The van der Waals surface area contributed by atoms with Gasteiger partial charge in [0.15, 0.2) is 0 Å². The lowest BCUT2D eigenvalue weighted by atomic mass is 10.2. The van der Waals surface area contributed by atoms with Crippen molar-refractivity contribution < 1.29 is 22.4 Å². The molecule has 0 saturated carbocycles. The van der Waals surface area contributed by atoms with E-state index in [1.165, 1.54) is 55.4 Å². The van der Waals surface area contributed by atoms with Crippen LogP contribution in [-0.4, -0.2) is 56.6 Å². The summed E-state index contributed by atoms with van der Waals surface area (Å²) >= 11 is 0. The zero-order chi connectivity index (χ0) is 21.6. The van der Waals surface area contributed by atoms with E-state index in [0.717, 1.165) is 9.87 Å². The van der Waals surface area contributed by atoms with Gasteiger partial charge in [0.1, 0.15) is 5.82 Å². The normalized spacial score (nSPS) is 11.3. The maximum Gasteiger partial charge on any atom is 0.254 e. The van der Waals surface area contributed by atoms with Crippen molar-refractivity contribution in [1.29, 1.82) is 0 Å². The molecule has 0 aliphatic heterocycles. The molecule has 0 aliphatic rings. The summed E-state index contributed by atoms with van der Waals surface area (Å²) in [6.45, 7) is 2.03. The Hall–Kier alpha value is -2.78. The third-order valence-electron chi connectivity index (χ3n) is 4.27. The van der Waals surface area contributed by atoms with Crippen LogP contribution in [0.4, 0.5) is 4.39 Å². The topological polar surface area (TPSA) is 86.8 Å². The zero-order valence-electron chi connectivity index (χ0n) is 16.6. The second-order valence-electron chi connectivity index (χ2n) is 6.54. The molecule has 7 nitrogen and oxygen atoms in total. The van der Waals surface area contributed by atoms with E-state index in [1.807, 2.05) is 0 Å². The molecule has 0 aliphatic carbocycles. The molecule has 29 heavy (non-hydrogen) atoms. The Morgan fingerprint density at radius 3 is 2.31 bits per heavy atom. The molecule has 0 bridgehead atoms. The predicted octanol–water partition coefficient (Wildman–Crippen LogP) is 1.85. The van der Waals surface area contributed by atoms with Crippen LogP contribution in [0.25, 0.3) is 0 Å². The number of halogens is 1. The molecule has 0 atom stereocenters. The number of nitrogens with one attached hydrogen (secondary N) is 1. The van der Waals surface area contributed by atoms with Crippen molar-refractivity contribution in [3.63, 3.8) is 0 Å². The molecule has 1 N–H and O–H groups in total. The van der Waals surface area contributed by atoms with Crippen LogP contribution in [0, 0.1) is 5.82 Å². The molecule has 156 valence electrons. The summed E-state index contributed by atoms with van der Waals surface area (Å²) < 4.78 is 38.6. The number of rotatable bonds is 8. The molecule has 2 aromatic carbocycles. The summed E-state index contributed by atoms with van der Waals surface area (Å²) in [5.74, 6) is -1.18. The summed E-state index contributed by atoms with van der Waals surface area (Å²) in [6.07, 6.45) is 0. The number of hydrogen-bond acceptors (Lipinski definition) is 4. The number of nitrogens with zero attached hydrogens (tertiary/aromatic N) is 2. The van der Waals surface area contributed by atoms with E-state index in [2.05, 4.69) is 5.32 Å². The molecule has 0 radical (unpaired) electrons. The molecule has 2 amide bonds. The Labute approximate surface area is 170 Å². The van der Waals surface area contributed by atoms with Crippen molar-refractivity contribution in [3.8, 4) is 0 Å². The number of hydrogen-bond donors (Lipinski definition) is 1. The van der Waals surface area contributed by atoms with Gasteiger partial charge in [-0.25, -0.2) is 17.1 Å². The summed E-state index contributed by atoms with van der Waals surface area (Å²) in [5, 5.41) is 2.68. The van der Waals surface area contributed by atoms with Gasteiger partial charge in [0, 0.05) is 32.7 Å². The van der Waals surface area contributed by atoms with Crippen molar-refractivity contribution in [3.05, 3.63) is 65.5 Å². The van der Waals surface area contributed by atoms with E-state index < -0.39 is 15.9 Å². The highest BCUT2D eigenvalue weighted by Gasteiger charge is 2.21. The first-order chi connectivity index (χ1) is 13.6. The minimum Gasteiger partial charge on any atom is -0.350 e. The van der Waals surface area contributed by atoms with E-state index in [-0.39, 0.29) is 41.8 Å². The van der Waals surface area contributed by atoms with Gasteiger partial charge in [-0.2, -0.15) is 0 Å². The van der Waals surface area contributed by atoms with E-state index in [0.29, 0.717) is 0 Å². The average molecular weight is 421 g/mol. The molecule has 0 heterocycles. The molecule has 0 unspecified atom stereocenters. The van der Waals surface area contributed by atoms with Gasteiger partial charge in [-0.1, -0.05) is 18.2 Å². The van der Waals surface area contributed by atoms with Crippen molar-refractivity contribution in [2.45, 2.75) is 18.4 Å². The van der Waals surface area contributed by atoms with Crippen LogP contribution >= 0.6 is 0 Å². The van der Waals surface area contributed by atoms with Crippen LogP contribution in [0.3, 0.4) is 0 Å². The highest BCUT2D eigenvalue weighted by atomic mass is 32.2. The first kappa shape index (κ1) is 22.5. The SMILES string of the molecule is CCN(CC(=O)NCc1ccc(F)cc1)C(=O)c1cccc(S(=O)(=O)N(C)C)c1. The van der Waals surface area contributed by atoms with Gasteiger partial charge in [0.05, 0.1) is 11.4 Å². The predicted molar refractivity (Wildman–Crippen MR) is 107 cm³/mol. The van der Waals surface area contributed by atoms with Gasteiger partial charge >= 0.3 is 0 Å². The molecule has 0 fully saturated rings. The van der Waals surface area contributed by atoms with Gasteiger partial charge in [0.2, 0.25) is 15.9 Å². The van der Waals surface area contributed by atoms with Gasteiger partial charge in [0.25, 0.3) is 5.91 Å². The largest absolute Gasteiger partial charge is 0.350 e. The average Bonchev–Trinajstić information content (AvgIpc) is 2.71. The first-order valence-corrected chi connectivity index (χ1v) is 10.4. The number of carbonyl (C=O) groups excluding carboxylic acids is 2. The Balaban J connectivity index is 2.06. The van der Waals surface area contributed by atoms with Gasteiger partial charge < -0.3 is 10.2 Å². The zero-order valence-corrected chi connectivity index (χ0v) is 17.4. The Bertz CT molecular complexity index is 975. The quantitative estimate of drug-likeness (QED) is 0.705. The highest BCUT2D eigenvalue weighted by Crippen LogP contribution is 2.16. The van der Waals surface area contributed by atoms with E-state index in [4.69, 9.17) is 0 Å². The lowest BCUT2D eigenvalue weighted by molar-refractivity contribution is -0.121. The van der Waals surface area contributed by atoms with Crippen molar-refractivity contribution in [2.75, 3.05) is 27.2 Å². The summed E-state index contributed by atoms with van der Waals surface area (Å²) in [7, 11) is -0.853. The fourth-order valence-electron chi connectivity index (χ4n) is 2.54. The molecule has 0 aromatic heterocycles. The summed E-state index contributed by atoms with van der Waals surface area (Å²) in [5.41, 5.74) is 0.914. The Kier molecular flexibility index (Phi) is 7.46. The number of amides is 2. The smallest absolute Gasteiger partial charge is 0.254 e. The highest BCUT2D eigenvalue weighted by molar-refractivity contribution is 7.89. The standard InChI is InChI=1S/C20H24FN3O4S/c1-4-24(14-19(25)22-13-15-8-10-17(21)11-9-15)20(26)16-6-5-7-18(12-16)29(27,28)23(2)3/h5-12H,4,13-14H2,1-3H3,(H,22,25). The van der Waals surface area contributed by atoms with Crippen LogP contribution in [0.1, 0.15) is 22.8 Å². The third kappa shape index (κ3) is 5.85. The van der Waals surface area contributed by atoms with Crippen LogP contribution in [-0.2, 0) is 21.4 Å². The molecule has 9 heteroatoms. The maximum atomic E-state index is 12.9. The van der Waals surface area contributed by atoms with Crippen LogP contribution in [0.15, 0.2) is 53.4 Å². The second-order valence-corrected chi connectivity index (χ2v) is 8.69. The monoisotopic (exact) mass is 421 g/mol. The van der Waals surface area contributed by atoms with Crippen molar-refractivity contribution >= 4 is 21.8 Å². The number of benzene rings is 2.